The largest absolute Gasteiger partial charge is 0.340 e. The smallest absolute Gasteiger partial charge is 0.290 e. The van der Waals surface area contributed by atoms with Crippen molar-refractivity contribution in [2.75, 3.05) is 0 Å². The second-order valence-electron chi connectivity index (χ2n) is 6.93. The summed E-state index contributed by atoms with van der Waals surface area (Å²) < 4.78 is 1.24. The van der Waals surface area contributed by atoms with Crippen molar-refractivity contribution in [2.45, 2.75) is 32.9 Å². The van der Waals surface area contributed by atoms with E-state index in [4.69, 9.17) is 0 Å². The molecule has 0 aliphatic rings. The zero-order chi connectivity index (χ0) is 22.4. The highest BCUT2D eigenvalue weighted by molar-refractivity contribution is 6.05. The summed E-state index contributed by atoms with van der Waals surface area (Å²) in [5, 5.41) is 7.48. The molecule has 1 aromatic heterocycles. The average molecular weight is 421 g/mol. The van der Waals surface area contributed by atoms with E-state index in [1.807, 2.05) is 6.92 Å². The normalized spacial score (nSPS) is 11.5. The summed E-state index contributed by atoms with van der Waals surface area (Å²) >= 11 is 0. The van der Waals surface area contributed by atoms with Gasteiger partial charge in [-0.2, -0.15) is 5.10 Å². The van der Waals surface area contributed by atoms with Crippen molar-refractivity contribution in [2.24, 2.45) is 0 Å². The van der Waals surface area contributed by atoms with Crippen molar-refractivity contribution in [3.8, 4) is 0 Å². The first-order valence-corrected chi connectivity index (χ1v) is 9.88. The van der Waals surface area contributed by atoms with Gasteiger partial charge in [-0.1, -0.05) is 43.3 Å². The Morgan fingerprint density at radius 1 is 0.935 bits per heavy atom. The lowest BCUT2D eigenvalue weighted by Gasteiger charge is -2.15. The SMILES string of the molecule is CCCn1nc(C(=O)NNC(=O)C(C)NC(=O)c2ccccc2)c2ccccc2c1=O. The van der Waals surface area contributed by atoms with Crippen LogP contribution in [0.5, 0.6) is 0 Å². The maximum absolute atomic E-state index is 12.7. The lowest BCUT2D eigenvalue weighted by atomic mass is 10.1. The first-order chi connectivity index (χ1) is 14.9. The molecule has 0 aliphatic carbocycles. The summed E-state index contributed by atoms with van der Waals surface area (Å²) in [6.07, 6.45) is 0.668. The van der Waals surface area contributed by atoms with E-state index < -0.39 is 23.8 Å². The van der Waals surface area contributed by atoms with Crippen LogP contribution < -0.4 is 21.7 Å². The van der Waals surface area contributed by atoms with Gasteiger partial charge in [0, 0.05) is 17.5 Å². The molecule has 0 bridgehead atoms. The standard InChI is InChI=1S/C22H23N5O4/c1-3-13-27-22(31)17-12-8-7-11-16(17)18(26-27)21(30)25-24-19(28)14(2)23-20(29)15-9-5-4-6-10-15/h4-12,14H,3,13H2,1-2H3,(H,23,29)(H,24,28)(H,25,30). The van der Waals surface area contributed by atoms with Crippen LogP contribution in [0.3, 0.4) is 0 Å². The van der Waals surface area contributed by atoms with Crippen LogP contribution in [0.4, 0.5) is 0 Å². The minimum atomic E-state index is -0.897. The molecule has 3 amide bonds. The van der Waals surface area contributed by atoms with Gasteiger partial charge >= 0.3 is 0 Å². The third-order valence-corrected chi connectivity index (χ3v) is 4.59. The number of aryl methyl sites for hydroxylation is 1. The van der Waals surface area contributed by atoms with Crippen LogP contribution in [0.1, 0.15) is 41.1 Å². The van der Waals surface area contributed by atoms with Crippen molar-refractivity contribution in [3.05, 3.63) is 76.2 Å². The van der Waals surface area contributed by atoms with Gasteiger partial charge in [-0.05, 0) is 31.5 Å². The second-order valence-corrected chi connectivity index (χ2v) is 6.93. The molecule has 0 spiro atoms. The minimum absolute atomic E-state index is 0.0184. The maximum atomic E-state index is 12.7. The Bertz CT molecular complexity index is 1170. The van der Waals surface area contributed by atoms with Gasteiger partial charge in [0.1, 0.15) is 6.04 Å². The average Bonchev–Trinajstić information content (AvgIpc) is 2.79. The van der Waals surface area contributed by atoms with Crippen molar-refractivity contribution in [3.63, 3.8) is 0 Å². The molecule has 9 heteroatoms. The number of carbonyl (C=O) groups excluding carboxylic acids is 3. The first kappa shape index (κ1) is 21.7. The van der Waals surface area contributed by atoms with Gasteiger partial charge in [-0.3, -0.25) is 30.0 Å². The predicted molar refractivity (Wildman–Crippen MR) is 115 cm³/mol. The first-order valence-electron chi connectivity index (χ1n) is 9.88. The number of hydrogen-bond acceptors (Lipinski definition) is 5. The van der Waals surface area contributed by atoms with Gasteiger partial charge in [0.15, 0.2) is 5.69 Å². The quantitative estimate of drug-likeness (QED) is 0.519. The summed E-state index contributed by atoms with van der Waals surface area (Å²) in [5.74, 6) is -1.69. The second kappa shape index (κ2) is 9.66. The molecule has 0 fully saturated rings. The maximum Gasteiger partial charge on any atom is 0.290 e. The Morgan fingerprint density at radius 3 is 2.26 bits per heavy atom. The third-order valence-electron chi connectivity index (χ3n) is 4.59. The zero-order valence-electron chi connectivity index (χ0n) is 17.2. The van der Waals surface area contributed by atoms with Gasteiger partial charge in [0.05, 0.1) is 5.39 Å². The van der Waals surface area contributed by atoms with Gasteiger partial charge < -0.3 is 5.32 Å². The molecule has 9 nitrogen and oxygen atoms in total. The van der Waals surface area contributed by atoms with Crippen molar-refractivity contribution < 1.29 is 14.4 Å². The topological polar surface area (TPSA) is 122 Å². The van der Waals surface area contributed by atoms with Crippen LogP contribution in [-0.2, 0) is 11.3 Å². The highest BCUT2D eigenvalue weighted by Crippen LogP contribution is 2.13. The highest BCUT2D eigenvalue weighted by Gasteiger charge is 2.20. The van der Waals surface area contributed by atoms with Gasteiger partial charge in [0.25, 0.3) is 23.3 Å². The van der Waals surface area contributed by atoms with Gasteiger partial charge in [0.2, 0.25) is 0 Å². The molecule has 3 N–H and O–H groups in total. The molecule has 3 aromatic rings. The summed E-state index contributed by atoms with van der Waals surface area (Å²) in [6.45, 7) is 3.75. The van der Waals surface area contributed by atoms with Crippen LogP contribution in [0.2, 0.25) is 0 Å². The van der Waals surface area contributed by atoms with Crippen molar-refractivity contribution >= 4 is 28.5 Å². The van der Waals surface area contributed by atoms with E-state index in [0.29, 0.717) is 29.3 Å². The van der Waals surface area contributed by atoms with Crippen LogP contribution in [-0.4, -0.2) is 33.5 Å². The molecule has 0 aliphatic heterocycles. The molecule has 0 radical (unpaired) electrons. The van der Waals surface area contributed by atoms with Crippen molar-refractivity contribution in [1.29, 1.82) is 0 Å². The predicted octanol–water partition coefficient (Wildman–Crippen LogP) is 1.39. The lowest BCUT2D eigenvalue weighted by molar-refractivity contribution is -0.123. The van der Waals surface area contributed by atoms with E-state index in [1.165, 1.54) is 11.6 Å². The zero-order valence-corrected chi connectivity index (χ0v) is 17.2. The van der Waals surface area contributed by atoms with Crippen LogP contribution in [0.15, 0.2) is 59.4 Å². The molecule has 1 atom stereocenters. The molecule has 31 heavy (non-hydrogen) atoms. The van der Waals surface area contributed by atoms with Crippen LogP contribution in [0.25, 0.3) is 10.8 Å². The summed E-state index contributed by atoms with van der Waals surface area (Å²) in [6, 6.07) is 14.2. The Morgan fingerprint density at radius 2 is 1.58 bits per heavy atom. The molecule has 1 unspecified atom stereocenters. The number of carbonyl (C=O) groups is 3. The van der Waals surface area contributed by atoms with E-state index >= 15 is 0 Å². The Hall–Kier alpha value is -4.01. The van der Waals surface area contributed by atoms with Gasteiger partial charge in [-0.25, -0.2) is 4.68 Å². The number of benzene rings is 2. The number of nitrogens with one attached hydrogen (secondary N) is 3. The fraction of sp³-hybridized carbons (Fsp3) is 0.227. The highest BCUT2D eigenvalue weighted by atomic mass is 16.2. The molecule has 160 valence electrons. The Labute approximate surface area is 178 Å². The van der Waals surface area contributed by atoms with Gasteiger partial charge in [-0.15, -0.1) is 0 Å². The van der Waals surface area contributed by atoms with E-state index in [-0.39, 0.29) is 11.3 Å². The number of nitrogens with zero attached hydrogens (tertiary/aromatic N) is 2. The number of amides is 3. The van der Waals surface area contributed by atoms with E-state index in [2.05, 4.69) is 21.3 Å². The molecule has 0 saturated carbocycles. The summed E-state index contributed by atoms with van der Waals surface area (Å²) in [7, 11) is 0. The molecule has 1 heterocycles. The fourth-order valence-electron chi connectivity index (χ4n) is 2.99. The number of aromatic nitrogens is 2. The number of hydrogen-bond donors (Lipinski definition) is 3. The third kappa shape index (κ3) is 4.95. The monoisotopic (exact) mass is 421 g/mol. The number of fused-ring (bicyclic) bond motifs is 1. The number of rotatable bonds is 6. The van der Waals surface area contributed by atoms with Crippen LogP contribution >= 0.6 is 0 Å². The van der Waals surface area contributed by atoms with Crippen LogP contribution in [0, 0.1) is 0 Å². The Balaban J connectivity index is 1.71. The fourth-order valence-corrected chi connectivity index (χ4v) is 2.99. The van der Waals surface area contributed by atoms with E-state index in [9.17, 15) is 19.2 Å². The molecule has 2 aromatic carbocycles. The lowest BCUT2D eigenvalue weighted by Crippen LogP contribution is -2.51. The molecule has 3 rings (SSSR count). The summed E-state index contributed by atoms with van der Waals surface area (Å²) in [5.41, 5.74) is 4.75. The van der Waals surface area contributed by atoms with Crippen molar-refractivity contribution in [1.82, 2.24) is 25.9 Å². The van der Waals surface area contributed by atoms with E-state index in [1.54, 1.807) is 54.6 Å². The molecular weight excluding hydrogens is 398 g/mol. The molecular formula is C22H23N5O4. The van der Waals surface area contributed by atoms with E-state index in [0.717, 1.165) is 0 Å². The minimum Gasteiger partial charge on any atom is -0.340 e. The summed E-state index contributed by atoms with van der Waals surface area (Å²) in [4.78, 5) is 49.7. The number of hydrazine groups is 1. The Kier molecular flexibility index (Phi) is 6.76. The molecule has 0 saturated heterocycles.